The zero-order valence-electron chi connectivity index (χ0n) is 7.92. The molecule has 0 saturated heterocycles. The van der Waals surface area contributed by atoms with E-state index in [4.69, 9.17) is 5.73 Å². The topological polar surface area (TPSA) is 50.4 Å². The third kappa shape index (κ3) is 3.56. The molecular formula is C9H9BrFN3S. The standard InChI is InChI=1S/C9H9BrFN3S/c1-5(13-14-9(12)15)7-4-6(10)2-3-8(7)11/h2-4H,1H3,(H3,12,14,15)/b13-5-. The fourth-order valence-corrected chi connectivity index (χ4v) is 1.38. The van der Waals surface area contributed by atoms with Crippen LogP contribution in [-0.4, -0.2) is 10.8 Å². The van der Waals surface area contributed by atoms with Gasteiger partial charge in [0.25, 0.3) is 0 Å². The summed E-state index contributed by atoms with van der Waals surface area (Å²) >= 11 is 7.83. The number of hydrazone groups is 1. The van der Waals surface area contributed by atoms with Gasteiger partial charge in [0, 0.05) is 10.0 Å². The number of halogens is 2. The van der Waals surface area contributed by atoms with Crippen molar-refractivity contribution < 1.29 is 4.39 Å². The average molecular weight is 290 g/mol. The summed E-state index contributed by atoms with van der Waals surface area (Å²) in [5, 5.41) is 3.88. The molecule has 3 nitrogen and oxygen atoms in total. The van der Waals surface area contributed by atoms with Crippen LogP contribution in [0.2, 0.25) is 0 Å². The van der Waals surface area contributed by atoms with Gasteiger partial charge < -0.3 is 5.73 Å². The first-order valence-corrected chi connectivity index (χ1v) is 5.26. The smallest absolute Gasteiger partial charge is 0.184 e. The van der Waals surface area contributed by atoms with E-state index in [-0.39, 0.29) is 10.9 Å². The predicted molar refractivity (Wildman–Crippen MR) is 66.2 cm³/mol. The molecule has 0 amide bonds. The molecule has 0 unspecified atom stereocenters. The molecule has 1 rings (SSSR count). The Labute approximate surface area is 101 Å². The summed E-state index contributed by atoms with van der Waals surface area (Å²) in [4.78, 5) is 0. The van der Waals surface area contributed by atoms with E-state index in [0.717, 1.165) is 4.47 Å². The van der Waals surface area contributed by atoms with Crippen LogP contribution in [0.4, 0.5) is 4.39 Å². The van der Waals surface area contributed by atoms with Crippen molar-refractivity contribution in [3.8, 4) is 0 Å². The van der Waals surface area contributed by atoms with Crippen LogP contribution in [0.25, 0.3) is 0 Å². The van der Waals surface area contributed by atoms with Crippen molar-refractivity contribution in [2.75, 3.05) is 0 Å². The molecule has 3 N–H and O–H groups in total. The molecule has 0 aromatic heterocycles. The zero-order valence-corrected chi connectivity index (χ0v) is 10.3. The number of benzene rings is 1. The van der Waals surface area contributed by atoms with Gasteiger partial charge in [0.15, 0.2) is 5.11 Å². The van der Waals surface area contributed by atoms with Crippen LogP contribution >= 0.6 is 28.1 Å². The van der Waals surface area contributed by atoms with Crippen molar-refractivity contribution in [2.24, 2.45) is 10.8 Å². The molecule has 15 heavy (non-hydrogen) atoms. The van der Waals surface area contributed by atoms with Crippen molar-refractivity contribution >= 4 is 39.0 Å². The van der Waals surface area contributed by atoms with E-state index in [9.17, 15) is 4.39 Å². The lowest BCUT2D eigenvalue weighted by atomic mass is 10.1. The third-order valence-electron chi connectivity index (χ3n) is 1.65. The minimum Gasteiger partial charge on any atom is -0.375 e. The van der Waals surface area contributed by atoms with Gasteiger partial charge in [-0.1, -0.05) is 15.9 Å². The summed E-state index contributed by atoms with van der Waals surface area (Å²) in [6, 6.07) is 4.61. The molecule has 0 spiro atoms. The Balaban J connectivity index is 2.99. The number of nitrogens with one attached hydrogen (secondary N) is 1. The fraction of sp³-hybridized carbons (Fsp3) is 0.111. The molecule has 0 fully saturated rings. The van der Waals surface area contributed by atoms with Crippen molar-refractivity contribution in [3.05, 3.63) is 34.1 Å². The monoisotopic (exact) mass is 289 g/mol. The third-order valence-corrected chi connectivity index (χ3v) is 2.24. The van der Waals surface area contributed by atoms with Gasteiger partial charge in [0.1, 0.15) is 5.82 Å². The highest BCUT2D eigenvalue weighted by Crippen LogP contribution is 2.16. The first-order valence-electron chi connectivity index (χ1n) is 4.06. The Morgan fingerprint density at radius 2 is 2.27 bits per heavy atom. The molecule has 0 atom stereocenters. The first-order chi connectivity index (χ1) is 7.00. The number of rotatable bonds is 2. The number of thiocarbonyl (C=S) groups is 1. The minimum atomic E-state index is -0.343. The Bertz CT molecular complexity index is 420. The van der Waals surface area contributed by atoms with E-state index in [1.165, 1.54) is 6.07 Å². The van der Waals surface area contributed by atoms with Gasteiger partial charge in [-0.2, -0.15) is 5.10 Å². The van der Waals surface area contributed by atoms with Crippen molar-refractivity contribution in [1.82, 2.24) is 5.43 Å². The van der Waals surface area contributed by atoms with E-state index >= 15 is 0 Å². The summed E-state index contributed by atoms with van der Waals surface area (Å²) in [5.74, 6) is -0.343. The molecule has 1 aromatic rings. The summed E-state index contributed by atoms with van der Waals surface area (Å²) < 4.78 is 14.1. The number of nitrogens with zero attached hydrogens (tertiary/aromatic N) is 1. The Morgan fingerprint density at radius 3 is 2.87 bits per heavy atom. The van der Waals surface area contributed by atoms with Gasteiger partial charge in [-0.05, 0) is 37.3 Å². The van der Waals surface area contributed by atoms with Crippen LogP contribution < -0.4 is 11.2 Å². The van der Waals surface area contributed by atoms with Crippen LogP contribution in [0.3, 0.4) is 0 Å². The second-order valence-corrected chi connectivity index (χ2v) is 4.15. The second-order valence-electron chi connectivity index (χ2n) is 2.80. The van der Waals surface area contributed by atoms with Crippen molar-refractivity contribution in [2.45, 2.75) is 6.92 Å². The van der Waals surface area contributed by atoms with Crippen LogP contribution in [-0.2, 0) is 0 Å². The molecule has 0 aliphatic carbocycles. The zero-order chi connectivity index (χ0) is 11.4. The molecule has 6 heteroatoms. The maximum atomic E-state index is 13.4. The van der Waals surface area contributed by atoms with Crippen molar-refractivity contribution in [1.29, 1.82) is 0 Å². The highest BCUT2D eigenvalue weighted by molar-refractivity contribution is 9.10. The lowest BCUT2D eigenvalue weighted by Crippen LogP contribution is -2.25. The van der Waals surface area contributed by atoms with Gasteiger partial charge in [-0.15, -0.1) is 0 Å². The molecule has 0 aliphatic rings. The predicted octanol–water partition coefficient (Wildman–Crippen LogP) is 2.15. The number of hydrogen-bond acceptors (Lipinski definition) is 2. The van der Waals surface area contributed by atoms with Crippen LogP contribution in [0.15, 0.2) is 27.8 Å². The normalized spacial score (nSPS) is 11.3. The van der Waals surface area contributed by atoms with Crippen LogP contribution in [0.5, 0.6) is 0 Å². The lowest BCUT2D eigenvalue weighted by Gasteiger charge is -2.03. The molecule has 0 radical (unpaired) electrons. The quantitative estimate of drug-likeness (QED) is 0.498. The Hall–Kier alpha value is -1.01. The van der Waals surface area contributed by atoms with Gasteiger partial charge in [-0.25, -0.2) is 4.39 Å². The lowest BCUT2D eigenvalue weighted by molar-refractivity contribution is 0.624. The van der Waals surface area contributed by atoms with Crippen LogP contribution in [0, 0.1) is 5.82 Å². The Morgan fingerprint density at radius 1 is 1.60 bits per heavy atom. The molecule has 1 aromatic carbocycles. The first kappa shape index (κ1) is 12.1. The van der Waals surface area contributed by atoms with Crippen LogP contribution in [0.1, 0.15) is 12.5 Å². The van der Waals surface area contributed by atoms with Crippen molar-refractivity contribution in [3.63, 3.8) is 0 Å². The molecule has 0 saturated carbocycles. The van der Waals surface area contributed by atoms with Gasteiger partial charge in [-0.3, -0.25) is 5.43 Å². The summed E-state index contributed by atoms with van der Waals surface area (Å²) in [6.45, 7) is 1.66. The maximum absolute atomic E-state index is 13.4. The van der Waals surface area contributed by atoms with E-state index < -0.39 is 0 Å². The Kier molecular flexibility index (Phi) is 4.16. The van der Waals surface area contributed by atoms with Gasteiger partial charge in [0.05, 0.1) is 5.71 Å². The molecular weight excluding hydrogens is 281 g/mol. The SMILES string of the molecule is C/C(=N/NC(N)=S)c1cc(Br)ccc1F. The van der Waals surface area contributed by atoms with E-state index in [1.54, 1.807) is 19.1 Å². The average Bonchev–Trinajstić information content (AvgIpc) is 2.18. The van der Waals surface area contributed by atoms with E-state index in [0.29, 0.717) is 11.3 Å². The number of nitrogens with two attached hydrogens (primary N) is 1. The van der Waals surface area contributed by atoms with E-state index in [1.807, 2.05) is 0 Å². The van der Waals surface area contributed by atoms with Gasteiger partial charge >= 0.3 is 0 Å². The molecule has 80 valence electrons. The summed E-state index contributed by atoms with van der Waals surface area (Å²) in [7, 11) is 0. The summed E-state index contributed by atoms with van der Waals surface area (Å²) in [5.41, 5.74) is 8.47. The van der Waals surface area contributed by atoms with E-state index in [2.05, 4.69) is 38.7 Å². The molecule has 0 aliphatic heterocycles. The molecule has 0 heterocycles. The summed E-state index contributed by atoms with van der Waals surface area (Å²) in [6.07, 6.45) is 0. The maximum Gasteiger partial charge on any atom is 0.184 e. The van der Waals surface area contributed by atoms with Gasteiger partial charge in [0.2, 0.25) is 0 Å². The second kappa shape index (κ2) is 5.18. The largest absolute Gasteiger partial charge is 0.375 e. The number of hydrogen-bond donors (Lipinski definition) is 2. The highest BCUT2D eigenvalue weighted by Gasteiger charge is 2.05. The molecule has 0 bridgehead atoms. The fourth-order valence-electron chi connectivity index (χ4n) is 0.974. The minimum absolute atomic E-state index is 0.0461. The highest BCUT2D eigenvalue weighted by atomic mass is 79.9.